The number of rotatable bonds is 6. The number of hydrogen-bond acceptors (Lipinski definition) is 4. The predicted molar refractivity (Wildman–Crippen MR) is 63.8 cm³/mol. The van der Waals surface area contributed by atoms with Crippen molar-refractivity contribution in [2.75, 3.05) is 13.6 Å². The Kier molecular flexibility index (Phi) is 24.0. The monoisotopic (exact) mass is 261 g/mol. The van der Waals surface area contributed by atoms with Crippen LogP contribution >= 0.6 is 0 Å². The minimum atomic E-state index is -1.45. The van der Waals surface area contributed by atoms with Crippen molar-refractivity contribution in [3.05, 3.63) is 0 Å². The Balaban J connectivity index is -0.000000240. The summed E-state index contributed by atoms with van der Waals surface area (Å²) in [5.74, 6) is -4.78. The van der Waals surface area contributed by atoms with Gasteiger partial charge in [-0.15, -0.1) is 0 Å². The maximum atomic E-state index is 11.0. The van der Waals surface area contributed by atoms with Gasteiger partial charge in [0.1, 0.15) is 5.92 Å². The van der Waals surface area contributed by atoms with E-state index in [0.717, 1.165) is 0 Å². The van der Waals surface area contributed by atoms with Crippen LogP contribution in [-0.2, 0) is 14.4 Å². The Morgan fingerprint density at radius 2 is 1.56 bits per heavy atom. The zero-order valence-corrected chi connectivity index (χ0v) is 7.11. The molecule has 0 spiro atoms. The van der Waals surface area contributed by atoms with Crippen molar-refractivity contribution in [1.82, 2.24) is 5.32 Å². The first-order valence-corrected chi connectivity index (χ1v) is 3.61. The van der Waals surface area contributed by atoms with Gasteiger partial charge in [-0.2, -0.15) is 0 Å². The Morgan fingerprint density at radius 1 is 1.12 bits per heavy atom. The summed E-state index contributed by atoms with van der Waals surface area (Å²) < 4.78 is 0. The van der Waals surface area contributed by atoms with E-state index in [4.69, 9.17) is 10.2 Å². The second kappa shape index (κ2) is 14.6. The molecule has 0 rings (SSSR count). The van der Waals surface area contributed by atoms with Crippen molar-refractivity contribution in [2.24, 2.45) is 5.92 Å². The number of aliphatic carboxylic acids is 2. The van der Waals surface area contributed by atoms with Gasteiger partial charge in [0.15, 0.2) is 5.78 Å². The molecule has 16 heavy (non-hydrogen) atoms. The van der Waals surface area contributed by atoms with Crippen LogP contribution in [0.4, 0.5) is 0 Å². The SMILES string of the molecule is CNCC(=O)C(CC(=O)O)C(=O)O.[NaH].[NaH].[NaH]. The van der Waals surface area contributed by atoms with Crippen molar-refractivity contribution in [1.29, 1.82) is 0 Å². The number of carbonyl (C=O) groups excluding carboxylic acids is 1. The van der Waals surface area contributed by atoms with Gasteiger partial charge in [-0.25, -0.2) is 0 Å². The topological polar surface area (TPSA) is 104 Å². The van der Waals surface area contributed by atoms with Crippen LogP contribution in [0.25, 0.3) is 0 Å². The van der Waals surface area contributed by atoms with Crippen molar-refractivity contribution in [3.8, 4) is 0 Å². The quantitative estimate of drug-likeness (QED) is 0.348. The van der Waals surface area contributed by atoms with E-state index in [9.17, 15) is 14.4 Å². The number of ketones is 1. The molecule has 3 N–H and O–H groups in total. The van der Waals surface area contributed by atoms with E-state index in [1.54, 1.807) is 0 Å². The summed E-state index contributed by atoms with van der Waals surface area (Å²) in [6, 6.07) is 0. The zero-order chi connectivity index (χ0) is 10.4. The zero-order valence-electron chi connectivity index (χ0n) is 7.11. The van der Waals surface area contributed by atoms with Crippen LogP contribution in [0.3, 0.4) is 0 Å². The third-order valence-electron chi connectivity index (χ3n) is 1.42. The fourth-order valence-corrected chi connectivity index (χ4v) is 0.811. The Hall–Kier alpha value is 1.57. The van der Waals surface area contributed by atoms with Gasteiger partial charge < -0.3 is 15.5 Å². The van der Waals surface area contributed by atoms with Gasteiger partial charge >= 0.3 is 101 Å². The molecule has 0 radical (unpaired) electrons. The fraction of sp³-hybridized carbons (Fsp3) is 0.571. The summed E-state index contributed by atoms with van der Waals surface area (Å²) >= 11 is 0. The summed E-state index contributed by atoms with van der Waals surface area (Å²) in [7, 11) is 1.48. The molecule has 80 valence electrons. The third kappa shape index (κ3) is 12.0. The second-order valence-electron chi connectivity index (χ2n) is 2.49. The van der Waals surface area contributed by atoms with Gasteiger partial charge in [0.25, 0.3) is 0 Å². The molecule has 0 aromatic rings. The Labute approximate surface area is 160 Å². The van der Waals surface area contributed by atoms with E-state index in [1.165, 1.54) is 7.05 Å². The molecule has 1 atom stereocenters. The number of carboxylic acids is 2. The van der Waals surface area contributed by atoms with E-state index in [1.807, 2.05) is 0 Å². The molecule has 1 unspecified atom stereocenters. The molecular formula is C7H14NNa3O5. The molecule has 0 saturated carbocycles. The summed E-state index contributed by atoms with van der Waals surface area (Å²) in [5.41, 5.74) is 0. The van der Waals surface area contributed by atoms with E-state index < -0.39 is 30.1 Å². The molecular weight excluding hydrogens is 247 g/mol. The average molecular weight is 261 g/mol. The summed E-state index contributed by atoms with van der Waals surface area (Å²) in [5, 5.41) is 19.3. The molecule has 0 aromatic heterocycles. The number of carbonyl (C=O) groups is 3. The van der Waals surface area contributed by atoms with Crippen molar-refractivity contribution < 1.29 is 24.6 Å². The van der Waals surface area contributed by atoms with Crippen molar-refractivity contribution in [2.45, 2.75) is 6.42 Å². The average Bonchev–Trinajstić information content (AvgIpc) is 1.99. The molecule has 9 heteroatoms. The number of hydrogen-bond donors (Lipinski definition) is 3. The predicted octanol–water partition coefficient (Wildman–Crippen LogP) is -3.00. The number of likely N-dealkylation sites (N-methyl/N-ethyl adjacent to an activating group) is 1. The van der Waals surface area contributed by atoms with Crippen LogP contribution in [0.5, 0.6) is 0 Å². The summed E-state index contributed by atoms with van der Waals surface area (Å²) in [6.07, 6.45) is -0.671. The third-order valence-corrected chi connectivity index (χ3v) is 1.42. The molecule has 0 aliphatic carbocycles. The second-order valence-corrected chi connectivity index (χ2v) is 2.49. The minimum absolute atomic E-state index is 0. The summed E-state index contributed by atoms with van der Waals surface area (Å²) in [6.45, 7) is -0.135. The van der Waals surface area contributed by atoms with E-state index in [0.29, 0.717) is 0 Å². The molecule has 0 heterocycles. The molecule has 0 fully saturated rings. The number of nitrogens with one attached hydrogen (secondary N) is 1. The first kappa shape index (κ1) is 26.2. The van der Waals surface area contributed by atoms with Crippen LogP contribution in [0.2, 0.25) is 0 Å². The first-order chi connectivity index (χ1) is 5.99. The molecule has 0 aliphatic rings. The van der Waals surface area contributed by atoms with E-state index in [2.05, 4.69) is 5.32 Å². The van der Waals surface area contributed by atoms with Crippen LogP contribution < -0.4 is 5.32 Å². The number of Topliss-reactive ketones (excluding diaryl/α,β-unsaturated/α-hetero) is 1. The normalized spacial score (nSPS) is 9.81. The van der Waals surface area contributed by atoms with Gasteiger partial charge in [0.05, 0.1) is 13.0 Å². The van der Waals surface area contributed by atoms with Crippen LogP contribution in [0, 0.1) is 5.92 Å². The van der Waals surface area contributed by atoms with Gasteiger partial charge in [-0.05, 0) is 7.05 Å². The Bertz CT molecular complexity index is 236. The standard InChI is InChI=1S/C7H11NO5.3Na.3H/c1-8-3-5(9)4(7(12)13)2-6(10)11;;;;;;/h4,8H,2-3H2,1H3,(H,10,11)(H,12,13);;;;;;. The molecule has 0 aliphatic heterocycles. The molecule has 6 nitrogen and oxygen atoms in total. The fourth-order valence-electron chi connectivity index (χ4n) is 0.811. The maximum absolute atomic E-state index is 11.0. The van der Waals surface area contributed by atoms with Crippen LogP contribution in [0.1, 0.15) is 6.42 Å². The molecule has 0 aromatic carbocycles. The van der Waals surface area contributed by atoms with Crippen molar-refractivity contribution >= 4 is 106 Å². The van der Waals surface area contributed by atoms with Gasteiger partial charge in [0, 0.05) is 0 Å². The van der Waals surface area contributed by atoms with Crippen molar-refractivity contribution in [3.63, 3.8) is 0 Å². The van der Waals surface area contributed by atoms with E-state index >= 15 is 0 Å². The number of carboxylic acid groups (broad SMARTS) is 2. The van der Waals surface area contributed by atoms with Crippen LogP contribution in [-0.4, -0.2) is 130 Å². The van der Waals surface area contributed by atoms with Gasteiger partial charge in [0.2, 0.25) is 0 Å². The van der Waals surface area contributed by atoms with Gasteiger partial charge in [-0.3, -0.25) is 14.4 Å². The van der Waals surface area contributed by atoms with E-state index in [-0.39, 0.29) is 95.2 Å². The molecule has 0 saturated heterocycles. The van der Waals surface area contributed by atoms with Crippen LogP contribution in [0.15, 0.2) is 0 Å². The molecule has 0 amide bonds. The summed E-state index contributed by atoms with van der Waals surface area (Å²) in [4.78, 5) is 31.6. The molecule has 0 bridgehead atoms. The Morgan fingerprint density at radius 3 is 1.81 bits per heavy atom. The first-order valence-electron chi connectivity index (χ1n) is 3.61. The van der Waals surface area contributed by atoms with Gasteiger partial charge in [-0.1, -0.05) is 0 Å².